The highest BCUT2D eigenvalue weighted by atomic mass is 16.5. The first-order valence-electron chi connectivity index (χ1n) is 7.98. The second-order valence-corrected chi connectivity index (χ2v) is 5.22. The Morgan fingerprint density at radius 3 is 2.64 bits per heavy atom. The number of nitrogens with zero attached hydrogens (tertiary/aromatic N) is 1. The summed E-state index contributed by atoms with van der Waals surface area (Å²) in [5.41, 5.74) is 6.95. The van der Waals surface area contributed by atoms with Gasteiger partial charge in [-0.1, -0.05) is 37.3 Å². The molecule has 0 aliphatic rings. The number of nitrogens with two attached hydrogens (primary N) is 1. The summed E-state index contributed by atoms with van der Waals surface area (Å²) in [6.45, 7) is 7.40. The van der Waals surface area contributed by atoms with Crippen LogP contribution in [-0.2, 0) is 16.1 Å². The van der Waals surface area contributed by atoms with Gasteiger partial charge in [0.1, 0.15) is 0 Å². The maximum absolute atomic E-state index is 5.76. The summed E-state index contributed by atoms with van der Waals surface area (Å²) in [6.07, 6.45) is 1.89. The summed E-state index contributed by atoms with van der Waals surface area (Å²) >= 11 is 0. The maximum atomic E-state index is 5.76. The predicted octanol–water partition coefficient (Wildman–Crippen LogP) is 2.31. The Morgan fingerprint density at radius 1 is 1.18 bits per heavy atom. The lowest BCUT2D eigenvalue weighted by Gasteiger charge is -2.11. The predicted molar refractivity (Wildman–Crippen MR) is 90.9 cm³/mol. The number of aliphatic imine (C=N–C) groups is 1. The van der Waals surface area contributed by atoms with Gasteiger partial charge in [-0.15, -0.1) is 0 Å². The van der Waals surface area contributed by atoms with Crippen LogP contribution < -0.4 is 11.1 Å². The van der Waals surface area contributed by atoms with Gasteiger partial charge >= 0.3 is 0 Å². The molecule has 1 rings (SSSR count). The van der Waals surface area contributed by atoms with Crippen molar-refractivity contribution in [3.05, 3.63) is 35.9 Å². The monoisotopic (exact) mass is 307 g/mol. The van der Waals surface area contributed by atoms with Crippen LogP contribution in [0.4, 0.5) is 0 Å². The molecule has 0 spiro atoms. The Labute approximate surface area is 133 Å². The van der Waals surface area contributed by atoms with Crippen molar-refractivity contribution in [3.8, 4) is 0 Å². The smallest absolute Gasteiger partial charge is 0.188 e. The molecule has 0 saturated carbocycles. The summed E-state index contributed by atoms with van der Waals surface area (Å²) < 4.78 is 11.0. The fourth-order valence-electron chi connectivity index (χ4n) is 1.75. The molecule has 22 heavy (non-hydrogen) atoms. The van der Waals surface area contributed by atoms with E-state index in [1.54, 1.807) is 0 Å². The van der Waals surface area contributed by atoms with Crippen LogP contribution in [-0.4, -0.2) is 38.4 Å². The van der Waals surface area contributed by atoms with Crippen molar-refractivity contribution >= 4 is 5.96 Å². The summed E-state index contributed by atoms with van der Waals surface area (Å²) in [6, 6.07) is 10.5. The van der Waals surface area contributed by atoms with Gasteiger partial charge in [0.15, 0.2) is 5.96 Å². The zero-order valence-electron chi connectivity index (χ0n) is 13.8. The Balaban J connectivity index is 1.92. The summed E-state index contributed by atoms with van der Waals surface area (Å²) in [4.78, 5) is 4.26. The molecule has 0 aliphatic heterocycles. The van der Waals surface area contributed by atoms with Gasteiger partial charge < -0.3 is 20.5 Å². The van der Waals surface area contributed by atoms with Crippen molar-refractivity contribution in [2.75, 3.05) is 26.4 Å². The lowest BCUT2D eigenvalue weighted by Crippen LogP contribution is -2.38. The molecule has 5 nitrogen and oxygen atoms in total. The van der Waals surface area contributed by atoms with Gasteiger partial charge in [-0.3, -0.25) is 4.99 Å². The van der Waals surface area contributed by atoms with E-state index in [2.05, 4.69) is 36.3 Å². The molecule has 3 N–H and O–H groups in total. The molecule has 0 aliphatic carbocycles. The first-order valence-corrected chi connectivity index (χ1v) is 7.98. The highest BCUT2D eigenvalue weighted by molar-refractivity contribution is 5.78. The molecule has 1 aromatic rings. The van der Waals surface area contributed by atoms with Gasteiger partial charge in [0.25, 0.3) is 0 Å². The van der Waals surface area contributed by atoms with Crippen LogP contribution in [0.25, 0.3) is 0 Å². The third kappa shape index (κ3) is 9.37. The van der Waals surface area contributed by atoms with Crippen LogP contribution in [0.1, 0.15) is 32.3 Å². The number of guanidine groups is 1. The van der Waals surface area contributed by atoms with E-state index in [0.29, 0.717) is 45.0 Å². The highest BCUT2D eigenvalue weighted by Crippen LogP contribution is 2.00. The molecule has 0 aromatic heterocycles. The molecule has 0 fully saturated rings. The fourth-order valence-corrected chi connectivity index (χ4v) is 1.75. The maximum Gasteiger partial charge on any atom is 0.188 e. The Bertz CT molecular complexity index is 410. The quantitative estimate of drug-likeness (QED) is 0.374. The van der Waals surface area contributed by atoms with Crippen LogP contribution in [0, 0.1) is 0 Å². The van der Waals surface area contributed by atoms with Crippen molar-refractivity contribution in [2.45, 2.75) is 39.3 Å². The molecule has 1 atom stereocenters. The average Bonchev–Trinajstić information content (AvgIpc) is 2.54. The Kier molecular flexibility index (Phi) is 10.1. The molecular formula is C17H29N3O2. The summed E-state index contributed by atoms with van der Waals surface area (Å²) in [5.74, 6) is 0.514. The number of rotatable bonds is 11. The first-order chi connectivity index (χ1) is 10.7. The van der Waals surface area contributed by atoms with Crippen LogP contribution in [0.3, 0.4) is 0 Å². The van der Waals surface area contributed by atoms with Crippen LogP contribution in [0.15, 0.2) is 35.3 Å². The van der Waals surface area contributed by atoms with Crippen molar-refractivity contribution in [1.82, 2.24) is 5.32 Å². The molecule has 0 radical (unpaired) electrons. The number of nitrogens with one attached hydrogen (secondary N) is 1. The van der Waals surface area contributed by atoms with Gasteiger partial charge in [-0.05, 0) is 25.3 Å². The molecule has 0 amide bonds. The van der Waals surface area contributed by atoms with Crippen LogP contribution >= 0.6 is 0 Å². The minimum atomic E-state index is 0.363. The van der Waals surface area contributed by atoms with E-state index in [-0.39, 0.29) is 0 Å². The van der Waals surface area contributed by atoms with E-state index < -0.39 is 0 Å². The van der Waals surface area contributed by atoms with Gasteiger partial charge in [0.05, 0.1) is 19.8 Å². The minimum Gasteiger partial charge on any atom is -0.379 e. The van der Waals surface area contributed by atoms with Gasteiger partial charge in [0, 0.05) is 19.2 Å². The van der Waals surface area contributed by atoms with Crippen molar-refractivity contribution in [2.24, 2.45) is 10.7 Å². The zero-order valence-corrected chi connectivity index (χ0v) is 13.8. The zero-order chi connectivity index (χ0) is 16.0. The third-order valence-electron chi connectivity index (χ3n) is 3.22. The summed E-state index contributed by atoms with van der Waals surface area (Å²) in [7, 11) is 0. The molecule has 0 saturated heterocycles. The fraction of sp³-hybridized carbons (Fsp3) is 0.588. The van der Waals surface area contributed by atoms with E-state index >= 15 is 0 Å². The molecule has 1 unspecified atom stereocenters. The molecular weight excluding hydrogens is 278 g/mol. The molecule has 0 bridgehead atoms. The van der Waals surface area contributed by atoms with E-state index in [0.717, 1.165) is 12.8 Å². The molecule has 0 heterocycles. The molecule has 5 heteroatoms. The highest BCUT2D eigenvalue weighted by Gasteiger charge is 1.98. The van der Waals surface area contributed by atoms with Gasteiger partial charge in [-0.2, -0.15) is 0 Å². The lowest BCUT2D eigenvalue weighted by atomic mass is 10.2. The van der Waals surface area contributed by atoms with Gasteiger partial charge in [0.2, 0.25) is 0 Å². The standard InChI is InChI=1S/C17H29N3O2/c1-3-15(2)20-17(18)19-10-7-11-21-12-13-22-14-16-8-5-4-6-9-16/h4-6,8-9,15H,3,7,10-14H2,1-2H3,(H3,18,19,20). The lowest BCUT2D eigenvalue weighted by molar-refractivity contribution is 0.0403. The van der Waals surface area contributed by atoms with Crippen LogP contribution in [0.2, 0.25) is 0 Å². The minimum absolute atomic E-state index is 0.363. The molecule has 1 aromatic carbocycles. The van der Waals surface area contributed by atoms with Crippen molar-refractivity contribution in [1.29, 1.82) is 0 Å². The second kappa shape index (κ2) is 12.0. The Hall–Kier alpha value is -1.59. The van der Waals surface area contributed by atoms with Crippen molar-refractivity contribution in [3.63, 3.8) is 0 Å². The van der Waals surface area contributed by atoms with Crippen LogP contribution in [0.5, 0.6) is 0 Å². The topological polar surface area (TPSA) is 68.9 Å². The number of ether oxygens (including phenoxy) is 2. The third-order valence-corrected chi connectivity index (χ3v) is 3.22. The summed E-state index contributed by atoms with van der Waals surface area (Å²) in [5, 5.41) is 3.13. The number of hydrogen-bond donors (Lipinski definition) is 2. The normalized spacial score (nSPS) is 13.1. The number of hydrogen-bond acceptors (Lipinski definition) is 3. The average molecular weight is 307 g/mol. The van der Waals surface area contributed by atoms with E-state index in [1.165, 1.54) is 5.56 Å². The Morgan fingerprint density at radius 2 is 1.91 bits per heavy atom. The molecule has 124 valence electrons. The van der Waals surface area contributed by atoms with E-state index in [9.17, 15) is 0 Å². The first kappa shape index (κ1) is 18.5. The SMILES string of the molecule is CCC(C)NC(N)=NCCCOCCOCc1ccccc1. The van der Waals surface area contributed by atoms with Gasteiger partial charge in [-0.25, -0.2) is 0 Å². The largest absolute Gasteiger partial charge is 0.379 e. The van der Waals surface area contributed by atoms with E-state index in [1.807, 2.05) is 18.2 Å². The number of benzene rings is 1. The van der Waals surface area contributed by atoms with Crippen molar-refractivity contribution < 1.29 is 9.47 Å². The van der Waals surface area contributed by atoms with E-state index in [4.69, 9.17) is 15.2 Å². The second-order valence-electron chi connectivity index (χ2n) is 5.22.